The van der Waals surface area contributed by atoms with Crippen LogP contribution in [0.15, 0.2) is 4.52 Å². The van der Waals surface area contributed by atoms with Gasteiger partial charge in [0.05, 0.1) is 6.10 Å². The molecule has 0 spiro atoms. The van der Waals surface area contributed by atoms with E-state index in [1.807, 2.05) is 20.9 Å². The molecule has 1 atom stereocenters. The normalized spacial score (nSPS) is 13.4. The van der Waals surface area contributed by atoms with E-state index in [2.05, 4.69) is 22.4 Å². The van der Waals surface area contributed by atoms with Crippen molar-refractivity contribution >= 4 is 0 Å². The molecule has 0 aromatic carbocycles. The highest BCUT2D eigenvalue weighted by atomic mass is 16.5. The van der Waals surface area contributed by atoms with E-state index in [1.54, 1.807) is 0 Å². The average Bonchev–Trinajstić information content (AvgIpc) is 2.62. The highest BCUT2D eigenvalue weighted by Gasteiger charge is 2.09. The van der Waals surface area contributed by atoms with Crippen LogP contribution in [-0.4, -0.2) is 29.3 Å². The van der Waals surface area contributed by atoms with Crippen molar-refractivity contribution < 1.29 is 9.26 Å². The molecule has 0 fully saturated rings. The summed E-state index contributed by atoms with van der Waals surface area (Å²) in [6.07, 6.45) is 0.943. The zero-order chi connectivity index (χ0) is 11.3. The molecule has 15 heavy (non-hydrogen) atoms. The predicted octanol–water partition coefficient (Wildman–Crippen LogP) is 1.14. The van der Waals surface area contributed by atoms with Gasteiger partial charge >= 0.3 is 0 Å². The second kappa shape index (κ2) is 5.82. The summed E-state index contributed by atoms with van der Waals surface area (Å²) in [6, 6.07) is 0.349. The third-order valence-electron chi connectivity index (χ3n) is 2.03. The van der Waals surface area contributed by atoms with Gasteiger partial charge in [0.1, 0.15) is 6.61 Å². The third-order valence-corrected chi connectivity index (χ3v) is 2.03. The van der Waals surface area contributed by atoms with Crippen LogP contribution < -0.4 is 5.32 Å². The SMILES string of the molecule is CNC(C)Cc1noc(COC(C)C)n1. The van der Waals surface area contributed by atoms with Crippen LogP contribution in [0.4, 0.5) is 0 Å². The van der Waals surface area contributed by atoms with Gasteiger partial charge in [0.2, 0.25) is 0 Å². The minimum atomic E-state index is 0.177. The molecule has 1 aromatic heterocycles. The molecule has 0 saturated carbocycles. The Morgan fingerprint density at radius 1 is 1.40 bits per heavy atom. The molecule has 5 nitrogen and oxygen atoms in total. The minimum Gasteiger partial charge on any atom is -0.369 e. The van der Waals surface area contributed by atoms with Gasteiger partial charge in [-0.25, -0.2) is 0 Å². The molecule has 1 rings (SSSR count). The Morgan fingerprint density at radius 2 is 2.13 bits per heavy atom. The molecule has 0 radical (unpaired) electrons. The topological polar surface area (TPSA) is 60.2 Å². The summed E-state index contributed by atoms with van der Waals surface area (Å²) in [7, 11) is 1.91. The molecule has 0 aliphatic heterocycles. The van der Waals surface area contributed by atoms with E-state index >= 15 is 0 Å². The smallest absolute Gasteiger partial charge is 0.252 e. The molecule has 0 aliphatic carbocycles. The molecular weight excluding hydrogens is 194 g/mol. The Balaban J connectivity index is 2.42. The first-order valence-corrected chi connectivity index (χ1v) is 5.22. The van der Waals surface area contributed by atoms with Crippen molar-refractivity contribution in [2.24, 2.45) is 0 Å². The summed E-state index contributed by atoms with van der Waals surface area (Å²) in [5, 5.41) is 7.00. The molecule has 1 N–H and O–H groups in total. The standard InChI is InChI=1S/C10H19N3O2/c1-7(2)14-6-10-12-9(13-15-10)5-8(3)11-4/h7-8,11H,5-6H2,1-4H3. The van der Waals surface area contributed by atoms with Gasteiger partial charge in [-0.3, -0.25) is 0 Å². The lowest BCUT2D eigenvalue weighted by Gasteiger charge is -2.05. The number of rotatable bonds is 6. The second-order valence-corrected chi connectivity index (χ2v) is 3.86. The van der Waals surface area contributed by atoms with Crippen molar-refractivity contribution in [3.8, 4) is 0 Å². The zero-order valence-corrected chi connectivity index (χ0v) is 9.78. The third kappa shape index (κ3) is 4.40. The highest BCUT2D eigenvalue weighted by Crippen LogP contribution is 2.03. The summed E-state index contributed by atoms with van der Waals surface area (Å²) < 4.78 is 10.4. The maximum Gasteiger partial charge on any atom is 0.252 e. The molecule has 0 aliphatic rings. The van der Waals surface area contributed by atoms with Gasteiger partial charge in [0.15, 0.2) is 5.82 Å². The van der Waals surface area contributed by atoms with Gasteiger partial charge in [0, 0.05) is 12.5 Å². The van der Waals surface area contributed by atoms with Crippen molar-refractivity contribution in [1.82, 2.24) is 15.5 Å². The van der Waals surface area contributed by atoms with Crippen LogP contribution in [0.3, 0.4) is 0 Å². The number of aromatic nitrogens is 2. The number of likely N-dealkylation sites (N-methyl/N-ethyl adjacent to an activating group) is 1. The summed E-state index contributed by atoms with van der Waals surface area (Å²) in [5.41, 5.74) is 0. The molecule has 1 heterocycles. The quantitative estimate of drug-likeness (QED) is 0.768. The van der Waals surface area contributed by atoms with Crippen LogP contribution in [0.2, 0.25) is 0 Å². The van der Waals surface area contributed by atoms with Crippen molar-refractivity contribution in [1.29, 1.82) is 0 Å². The molecular formula is C10H19N3O2. The Labute approximate surface area is 90.2 Å². The zero-order valence-electron chi connectivity index (χ0n) is 9.78. The van der Waals surface area contributed by atoms with Gasteiger partial charge in [0.25, 0.3) is 5.89 Å². The fourth-order valence-corrected chi connectivity index (χ4v) is 1.05. The first kappa shape index (κ1) is 12.1. The lowest BCUT2D eigenvalue weighted by Crippen LogP contribution is -2.24. The number of ether oxygens (including phenoxy) is 1. The van der Waals surface area contributed by atoms with E-state index < -0.39 is 0 Å². The van der Waals surface area contributed by atoms with Gasteiger partial charge < -0.3 is 14.6 Å². The number of hydrogen-bond acceptors (Lipinski definition) is 5. The first-order valence-electron chi connectivity index (χ1n) is 5.22. The Bertz CT molecular complexity index is 286. The first-order chi connectivity index (χ1) is 7.11. The van der Waals surface area contributed by atoms with Crippen LogP contribution in [0, 0.1) is 0 Å². The highest BCUT2D eigenvalue weighted by molar-refractivity contribution is 4.88. The summed E-state index contributed by atoms with van der Waals surface area (Å²) in [6.45, 7) is 6.40. The van der Waals surface area contributed by atoms with E-state index in [9.17, 15) is 0 Å². The van der Waals surface area contributed by atoms with Crippen LogP contribution in [0.5, 0.6) is 0 Å². The molecule has 0 bridgehead atoms. The molecule has 0 saturated heterocycles. The van der Waals surface area contributed by atoms with E-state index in [4.69, 9.17) is 9.26 Å². The molecule has 86 valence electrons. The summed E-state index contributed by atoms with van der Waals surface area (Å²) in [4.78, 5) is 4.23. The monoisotopic (exact) mass is 213 g/mol. The van der Waals surface area contributed by atoms with Crippen LogP contribution in [0.25, 0.3) is 0 Å². The summed E-state index contributed by atoms with van der Waals surface area (Å²) >= 11 is 0. The van der Waals surface area contributed by atoms with Gasteiger partial charge in [-0.1, -0.05) is 5.16 Å². The van der Waals surface area contributed by atoms with Crippen molar-refractivity contribution in [2.45, 2.75) is 45.9 Å². The number of nitrogens with one attached hydrogen (secondary N) is 1. The predicted molar refractivity (Wildman–Crippen MR) is 56.4 cm³/mol. The van der Waals surface area contributed by atoms with E-state index in [-0.39, 0.29) is 6.10 Å². The Kier molecular flexibility index (Phi) is 4.71. The average molecular weight is 213 g/mol. The van der Waals surface area contributed by atoms with Crippen molar-refractivity contribution in [3.63, 3.8) is 0 Å². The molecule has 1 aromatic rings. The van der Waals surface area contributed by atoms with Crippen molar-refractivity contribution in [2.75, 3.05) is 7.05 Å². The molecule has 0 amide bonds. The van der Waals surface area contributed by atoms with Crippen LogP contribution >= 0.6 is 0 Å². The van der Waals surface area contributed by atoms with Gasteiger partial charge in [-0.2, -0.15) is 4.98 Å². The van der Waals surface area contributed by atoms with E-state index in [0.717, 1.165) is 12.2 Å². The molecule has 5 heteroatoms. The van der Waals surface area contributed by atoms with Gasteiger partial charge in [-0.05, 0) is 27.8 Å². The maximum absolute atomic E-state index is 5.36. The fraction of sp³-hybridized carbons (Fsp3) is 0.800. The Morgan fingerprint density at radius 3 is 2.73 bits per heavy atom. The van der Waals surface area contributed by atoms with Gasteiger partial charge in [-0.15, -0.1) is 0 Å². The van der Waals surface area contributed by atoms with Crippen LogP contribution in [-0.2, 0) is 17.8 Å². The lowest BCUT2D eigenvalue weighted by molar-refractivity contribution is 0.0485. The number of nitrogens with zero attached hydrogens (tertiary/aromatic N) is 2. The summed E-state index contributed by atoms with van der Waals surface area (Å²) in [5.74, 6) is 1.27. The second-order valence-electron chi connectivity index (χ2n) is 3.86. The van der Waals surface area contributed by atoms with E-state index in [1.165, 1.54) is 0 Å². The number of hydrogen-bond donors (Lipinski definition) is 1. The fourth-order valence-electron chi connectivity index (χ4n) is 1.05. The van der Waals surface area contributed by atoms with Crippen molar-refractivity contribution in [3.05, 3.63) is 11.7 Å². The van der Waals surface area contributed by atoms with E-state index in [0.29, 0.717) is 18.5 Å². The molecule has 1 unspecified atom stereocenters. The largest absolute Gasteiger partial charge is 0.369 e. The van der Waals surface area contributed by atoms with Crippen LogP contribution in [0.1, 0.15) is 32.5 Å². The maximum atomic E-state index is 5.36. The Hall–Kier alpha value is -0.940. The lowest BCUT2D eigenvalue weighted by atomic mass is 10.2. The minimum absolute atomic E-state index is 0.177.